The summed E-state index contributed by atoms with van der Waals surface area (Å²) in [5.74, 6) is 0. The van der Waals surface area contributed by atoms with Crippen LogP contribution in [0.25, 0.3) is 0 Å². The third-order valence-corrected chi connectivity index (χ3v) is 0. The molecule has 0 aliphatic rings. The minimum absolute atomic E-state index is 0. The fraction of sp³-hybridized carbons (Fsp3) is 0. The minimum atomic E-state index is -5.17. The van der Waals surface area contributed by atoms with E-state index in [1.165, 1.54) is 0 Å². The standard InChI is InChI=1S/Ba.Bi.H2O4S.O/c;;1-5(2,3)4;/h;;(H2,1,2,3,4);/q+2;+1;;/p-2. The van der Waals surface area contributed by atoms with Crippen molar-refractivity contribution in [2.45, 2.75) is 0 Å². The molecule has 0 aliphatic heterocycles. The molecule has 0 aromatic carbocycles. The SMILES string of the molecule is O=S(=O)([O-])[O-].[Ba+2].[O]=[Bi+]. The zero-order chi connectivity index (χ0) is 6.50. The van der Waals surface area contributed by atoms with Crippen molar-refractivity contribution in [3.8, 4) is 0 Å². The van der Waals surface area contributed by atoms with E-state index in [-0.39, 0.29) is 73.6 Å². The molecule has 0 amide bonds. The van der Waals surface area contributed by atoms with Gasteiger partial charge in [0.2, 0.25) is 0 Å². The molecule has 0 aliphatic carbocycles. The van der Waals surface area contributed by atoms with Gasteiger partial charge in [0.05, 0.1) is 0 Å². The summed E-state index contributed by atoms with van der Waals surface area (Å²) in [7, 11) is -5.17. The second-order valence-electron chi connectivity index (χ2n) is 0.408. The molecule has 0 aromatic heterocycles. The van der Waals surface area contributed by atoms with Crippen molar-refractivity contribution in [1.29, 1.82) is 0 Å². The predicted octanol–water partition coefficient (Wildman–Crippen LogP) is -2.22. The molecule has 0 fully saturated rings. The Morgan fingerprint density at radius 2 is 1.12 bits per heavy atom. The Bertz CT molecular complexity index is 106. The fourth-order valence-corrected chi connectivity index (χ4v) is 0. The first kappa shape index (κ1) is 16.6. The molecule has 8 heavy (non-hydrogen) atoms. The molecule has 0 atom stereocenters. The van der Waals surface area contributed by atoms with Gasteiger partial charge in [-0.15, -0.1) is 0 Å². The zero-order valence-corrected chi connectivity index (χ0v) is 12.3. The van der Waals surface area contributed by atoms with Crippen molar-refractivity contribution >= 4 is 84.0 Å². The molecule has 0 saturated heterocycles. The van der Waals surface area contributed by atoms with Gasteiger partial charge in [0, 0.05) is 10.4 Å². The van der Waals surface area contributed by atoms with Crippen molar-refractivity contribution in [3.63, 3.8) is 0 Å². The molecule has 8 heteroatoms. The van der Waals surface area contributed by atoms with Crippen LogP contribution in [0.1, 0.15) is 0 Å². The van der Waals surface area contributed by atoms with Crippen LogP contribution in [-0.4, -0.2) is 91.1 Å². The molecule has 2 radical (unpaired) electrons. The summed E-state index contributed by atoms with van der Waals surface area (Å²) < 4.78 is 42.4. The van der Waals surface area contributed by atoms with Gasteiger partial charge < -0.3 is 9.11 Å². The van der Waals surface area contributed by atoms with Crippen LogP contribution in [0.3, 0.4) is 0 Å². The zero-order valence-electron chi connectivity index (χ0n) is 3.60. The monoisotopic (exact) mass is 459 g/mol. The molecule has 42 valence electrons. The van der Waals surface area contributed by atoms with E-state index in [0.29, 0.717) is 0 Å². The Morgan fingerprint density at radius 3 is 1.12 bits per heavy atom. The Labute approximate surface area is 102 Å². The number of hydrogen-bond donors (Lipinski definition) is 0. The topological polar surface area (TPSA) is 97.3 Å². The average Bonchev–Trinajstić information content (AvgIpc) is 1.36. The Balaban J connectivity index is -0.0000000750. The first-order valence-electron chi connectivity index (χ1n) is 0.849. The summed E-state index contributed by atoms with van der Waals surface area (Å²) >= 11 is 0.194. The van der Waals surface area contributed by atoms with E-state index >= 15 is 0 Å². The molecule has 0 aromatic rings. The van der Waals surface area contributed by atoms with Gasteiger partial charge in [-0.2, -0.15) is 0 Å². The Kier molecular flexibility index (Phi) is 18.9. The molecule has 0 bridgehead atoms. The first-order valence-corrected chi connectivity index (χ1v) is 3.60. The van der Waals surface area contributed by atoms with Crippen LogP contribution >= 0.6 is 0 Å². The summed E-state index contributed by atoms with van der Waals surface area (Å²) in [6.45, 7) is 0. The van der Waals surface area contributed by atoms with Gasteiger partial charge in [0.25, 0.3) is 0 Å². The maximum atomic E-state index is 8.52. The maximum absolute atomic E-state index is 8.52. The second kappa shape index (κ2) is 9.12. The van der Waals surface area contributed by atoms with Crippen LogP contribution < -0.4 is 0 Å². The van der Waals surface area contributed by atoms with E-state index in [2.05, 4.69) is 0 Å². The molecule has 0 unspecified atom stereocenters. The molecule has 0 spiro atoms. The van der Waals surface area contributed by atoms with Crippen LogP contribution in [0.15, 0.2) is 0 Å². The summed E-state index contributed by atoms with van der Waals surface area (Å²) in [5, 5.41) is 0. The van der Waals surface area contributed by atoms with Gasteiger partial charge >= 0.3 is 76.4 Å². The van der Waals surface area contributed by atoms with Gasteiger partial charge in [-0.3, -0.25) is 8.42 Å². The summed E-state index contributed by atoms with van der Waals surface area (Å²) in [5.41, 5.74) is 0. The quantitative estimate of drug-likeness (QED) is 0.233. The van der Waals surface area contributed by atoms with Crippen LogP contribution in [0, 0.1) is 0 Å². The van der Waals surface area contributed by atoms with E-state index in [4.69, 9.17) is 20.3 Å². The summed E-state index contributed by atoms with van der Waals surface area (Å²) in [6, 6.07) is 0. The van der Waals surface area contributed by atoms with Gasteiger partial charge in [0.15, 0.2) is 0 Å². The van der Waals surface area contributed by atoms with Crippen LogP contribution in [0.4, 0.5) is 0 Å². The van der Waals surface area contributed by atoms with Crippen molar-refractivity contribution in [1.82, 2.24) is 0 Å². The Morgan fingerprint density at radius 1 is 1.12 bits per heavy atom. The summed E-state index contributed by atoms with van der Waals surface area (Å²) in [6.07, 6.45) is 0. The molecule has 0 rings (SSSR count). The van der Waals surface area contributed by atoms with Gasteiger partial charge in [-0.1, -0.05) is 0 Å². The van der Waals surface area contributed by atoms with E-state index in [9.17, 15) is 0 Å². The molecule has 0 saturated carbocycles. The fourth-order valence-electron chi connectivity index (χ4n) is 0. The van der Waals surface area contributed by atoms with Gasteiger partial charge in [-0.25, -0.2) is 0 Å². The molecule has 0 N–H and O–H groups in total. The first-order chi connectivity index (χ1) is 3.00. The second-order valence-corrected chi connectivity index (χ2v) is 1.22. The van der Waals surface area contributed by atoms with E-state index in [1.807, 2.05) is 0 Å². The van der Waals surface area contributed by atoms with Crippen molar-refractivity contribution in [2.24, 2.45) is 0 Å². The van der Waals surface area contributed by atoms with Gasteiger partial charge in [0.1, 0.15) is 0 Å². The van der Waals surface area contributed by atoms with E-state index in [0.717, 1.165) is 0 Å². The molecule has 5 nitrogen and oxygen atoms in total. The van der Waals surface area contributed by atoms with Crippen LogP contribution in [0.5, 0.6) is 0 Å². The molecular formula is BaBiO5S+. The average molecular weight is 458 g/mol. The third kappa shape index (κ3) is 91.4. The van der Waals surface area contributed by atoms with Crippen LogP contribution in [-0.2, 0) is 13.2 Å². The van der Waals surface area contributed by atoms with E-state index in [1.54, 1.807) is 0 Å². The normalized spacial score (nSPS) is 7.75. The number of hydrogen-bond acceptors (Lipinski definition) is 5. The Hall–Kier alpha value is 2.12. The predicted molar refractivity (Wildman–Crippen MR) is 22.7 cm³/mol. The van der Waals surface area contributed by atoms with Crippen molar-refractivity contribution in [2.75, 3.05) is 0 Å². The molecule has 0 heterocycles. The van der Waals surface area contributed by atoms with Crippen molar-refractivity contribution in [3.05, 3.63) is 0 Å². The van der Waals surface area contributed by atoms with E-state index < -0.39 is 10.4 Å². The van der Waals surface area contributed by atoms with Crippen molar-refractivity contribution < 1.29 is 20.3 Å². The van der Waals surface area contributed by atoms with Crippen LogP contribution in [0.2, 0.25) is 0 Å². The number of rotatable bonds is 0. The molecular weight excluding hydrogens is 458 g/mol. The van der Waals surface area contributed by atoms with Gasteiger partial charge in [-0.05, 0) is 0 Å². The third-order valence-electron chi connectivity index (χ3n) is 0. The summed E-state index contributed by atoms with van der Waals surface area (Å²) in [4.78, 5) is 0.